The normalized spacial score (nSPS) is 11.1. The van der Waals surface area contributed by atoms with Crippen molar-refractivity contribution in [3.05, 3.63) is 93.7 Å². The van der Waals surface area contributed by atoms with Crippen LogP contribution in [-0.4, -0.2) is 21.1 Å². The molecule has 1 N–H and O–H groups in total. The number of hydrogen-bond donors (Lipinski definition) is 1. The van der Waals surface area contributed by atoms with E-state index in [1.54, 1.807) is 10.9 Å². The second kappa shape index (κ2) is 7.82. The molecule has 0 radical (unpaired) electrons. The number of rotatable bonds is 4. The van der Waals surface area contributed by atoms with Gasteiger partial charge in [0.15, 0.2) is 5.82 Å². The highest BCUT2D eigenvalue weighted by atomic mass is 79.9. The van der Waals surface area contributed by atoms with Gasteiger partial charge in [-0.25, -0.2) is 5.10 Å². The summed E-state index contributed by atoms with van der Waals surface area (Å²) in [4.78, 5) is 0. The van der Waals surface area contributed by atoms with E-state index in [1.807, 2.05) is 54.6 Å². The lowest BCUT2D eigenvalue weighted by Crippen LogP contribution is -1.95. The molecule has 1 aromatic heterocycles. The Hall–Kier alpha value is -2.83. The van der Waals surface area contributed by atoms with Crippen molar-refractivity contribution >= 4 is 34.4 Å². The summed E-state index contributed by atoms with van der Waals surface area (Å²) in [5, 5.41) is 11.7. The molecule has 0 saturated heterocycles. The molecular formula is C21H15BrN4S. The average Bonchev–Trinajstić information content (AvgIpc) is 3.08. The highest BCUT2D eigenvalue weighted by Crippen LogP contribution is 2.26. The van der Waals surface area contributed by atoms with Gasteiger partial charge in [-0.1, -0.05) is 82.7 Å². The number of nitrogens with one attached hydrogen (secondary N) is 1. The second-order valence-electron chi connectivity index (χ2n) is 5.88. The maximum atomic E-state index is 5.33. The number of aromatic amines is 1. The van der Waals surface area contributed by atoms with Gasteiger partial charge < -0.3 is 0 Å². The number of hydrogen-bond acceptors (Lipinski definition) is 3. The fourth-order valence-electron chi connectivity index (χ4n) is 2.73. The summed E-state index contributed by atoms with van der Waals surface area (Å²) in [6.45, 7) is 0. The smallest absolute Gasteiger partial charge is 0.216 e. The Morgan fingerprint density at radius 3 is 2.30 bits per heavy atom. The van der Waals surface area contributed by atoms with E-state index in [9.17, 15) is 0 Å². The predicted molar refractivity (Wildman–Crippen MR) is 115 cm³/mol. The van der Waals surface area contributed by atoms with Crippen LogP contribution in [0.25, 0.3) is 22.5 Å². The Morgan fingerprint density at radius 1 is 0.889 bits per heavy atom. The quantitative estimate of drug-likeness (QED) is 0.320. The standard InChI is InChI=1S/C21H15BrN4S/c22-19-9-5-4-8-18(19)20-24-25-21(27)26(20)23-14-15-10-12-17(13-11-15)16-6-2-1-3-7-16/h1-14H,(H,25,27). The third kappa shape index (κ3) is 3.82. The van der Waals surface area contributed by atoms with Crippen LogP contribution in [0.1, 0.15) is 5.56 Å². The van der Waals surface area contributed by atoms with E-state index in [0.717, 1.165) is 15.6 Å². The van der Waals surface area contributed by atoms with Crippen LogP contribution in [0.2, 0.25) is 0 Å². The lowest BCUT2D eigenvalue weighted by atomic mass is 10.0. The van der Waals surface area contributed by atoms with Crippen molar-refractivity contribution in [2.45, 2.75) is 0 Å². The van der Waals surface area contributed by atoms with Gasteiger partial charge in [-0.3, -0.25) is 0 Å². The van der Waals surface area contributed by atoms with Crippen molar-refractivity contribution < 1.29 is 0 Å². The molecule has 0 saturated carbocycles. The lowest BCUT2D eigenvalue weighted by Gasteiger charge is -2.04. The van der Waals surface area contributed by atoms with Gasteiger partial charge >= 0.3 is 0 Å². The summed E-state index contributed by atoms with van der Waals surface area (Å²) >= 11 is 8.88. The number of halogens is 1. The van der Waals surface area contributed by atoms with E-state index >= 15 is 0 Å². The zero-order valence-corrected chi connectivity index (χ0v) is 16.6. The Balaban J connectivity index is 1.64. The first kappa shape index (κ1) is 17.6. The molecule has 0 fully saturated rings. The van der Waals surface area contributed by atoms with Gasteiger partial charge in [0.25, 0.3) is 0 Å². The van der Waals surface area contributed by atoms with Crippen LogP contribution in [0.4, 0.5) is 0 Å². The summed E-state index contributed by atoms with van der Waals surface area (Å²) in [6, 6.07) is 26.4. The first-order chi connectivity index (χ1) is 13.2. The van der Waals surface area contributed by atoms with Gasteiger partial charge in [-0.2, -0.15) is 14.9 Å². The molecule has 0 bridgehead atoms. The molecule has 3 aromatic carbocycles. The minimum Gasteiger partial charge on any atom is -0.250 e. The topological polar surface area (TPSA) is 46.0 Å². The van der Waals surface area contributed by atoms with Crippen LogP contribution in [0.5, 0.6) is 0 Å². The van der Waals surface area contributed by atoms with E-state index in [1.165, 1.54) is 11.1 Å². The predicted octanol–water partition coefficient (Wildman–Crippen LogP) is 5.92. The van der Waals surface area contributed by atoms with Gasteiger partial charge in [-0.15, -0.1) is 0 Å². The molecule has 27 heavy (non-hydrogen) atoms. The first-order valence-electron chi connectivity index (χ1n) is 8.34. The van der Waals surface area contributed by atoms with Gasteiger partial charge in [0.05, 0.1) is 6.21 Å². The van der Waals surface area contributed by atoms with E-state index < -0.39 is 0 Å². The SMILES string of the molecule is S=c1[nH]nc(-c2ccccc2Br)n1N=Cc1ccc(-c2ccccc2)cc1. The van der Waals surface area contributed by atoms with Crippen molar-refractivity contribution in [3.8, 4) is 22.5 Å². The molecule has 0 amide bonds. The first-order valence-corrected chi connectivity index (χ1v) is 9.55. The Bertz CT molecular complexity index is 1140. The summed E-state index contributed by atoms with van der Waals surface area (Å²) in [5.41, 5.74) is 4.26. The van der Waals surface area contributed by atoms with Crippen LogP contribution in [-0.2, 0) is 0 Å². The number of aromatic nitrogens is 3. The largest absolute Gasteiger partial charge is 0.250 e. The van der Waals surface area contributed by atoms with E-state index in [4.69, 9.17) is 12.2 Å². The van der Waals surface area contributed by atoms with Crippen molar-refractivity contribution in [3.63, 3.8) is 0 Å². The van der Waals surface area contributed by atoms with Crippen molar-refractivity contribution in [2.24, 2.45) is 5.10 Å². The Labute approximate surface area is 170 Å². The van der Waals surface area contributed by atoms with E-state index in [0.29, 0.717) is 10.6 Å². The molecule has 1 heterocycles. The third-order valence-electron chi connectivity index (χ3n) is 4.11. The van der Waals surface area contributed by atoms with Crippen molar-refractivity contribution in [1.82, 2.24) is 14.9 Å². The highest BCUT2D eigenvalue weighted by Gasteiger charge is 2.10. The molecule has 132 valence electrons. The maximum absolute atomic E-state index is 5.33. The van der Waals surface area contributed by atoms with Crippen LogP contribution >= 0.6 is 28.1 Å². The molecule has 0 atom stereocenters. The molecular weight excluding hydrogens is 420 g/mol. The zero-order chi connectivity index (χ0) is 18.6. The summed E-state index contributed by atoms with van der Waals surface area (Å²) in [5.74, 6) is 0.657. The molecule has 0 aliphatic carbocycles. The number of nitrogens with zero attached hydrogens (tertiary/aromatic N) is 3. The molecule has 4 aromatic rings. The lowest BCUT2D eigenvalue weighted by molar-refractivity contribution is 0.871. The van der Waals surface area contributed by atoms with Crippen molar-refractivity contribution in [1.29, 1.82) is 0 Å². The average molecular weight is 435 g/mol. The Kier molecular flexibility index (Phi) is 5.09. The van der Waals surface area contributed by atoms with Gasteiger partial charge in [-0.05, 0) is 41.0 Å². The summed E-state index contributed by atoms with van der Waals surface area (Å²) in [7, 11) is 0. The number of H-pyrrole nitrogens is 1. The molecule has 4 rings (SSSR count). The monoisotopic (exact) mass is 434 g/mol. The summed E-state index contributed by atoms with van der Waals surface area (Å²) < 4.78 is 3.00. The third-order valence-corrected chi connectivity index (χ3v) is 5.06. The number of benzene rings is 3. The fourth-order valence-corrected chi connectivity index (χ4v) is 3.37. The zero-order valence-electron chi connectivity index (χ0n) is 14.2. The van der Waals surface area contributed by atoms with Crippen LogP contribution in [0.15, 0.2) is 88.4 Å². The maximum Gasteiger partial charge on any atom is 0.216 e. The Morgan fingerprint density at radius 2 is 1.56 bits per heavy atom. The minimum atomic E-state index is 0.443. The van der Waals surface area contributed by atoms with Gasteiger partial charge in [0.2, 0.25) is 4.77 Å². The molecule has 0 aliphatic heterocycles. The second-order valence-corrected chi connectivity index (χ2v) is 7.12. The van der Waals surface area contributed by atoms with Crippen molar-refractivity contribution in [2.75, 3.05) is 0 Å². The van der Waals surface area contributed by atoms with Crippen LogP contribution < -0.4 is 0 Å². The molecule has 4 nitrogen and oxygen atoms in total. The van der Waals surface area contributed by atoms with Gasteiger partial charge in [0, 0.05) is 10.0 Å². The molecule has 0 unspecified atom stereocenters. The molecule has 0 aliphatic rings. The van der Waals surface area contributed by atoms with Crippen LogP contribution in [0, 0.1) is 4.77 Å². The minimum absolute atomic E-state index is 0.443. The van der Waals surface area contributed by atoms with Gasteiger partial charge in [0.1, 0.15) is 0 Å². The van der Waals surface area contributed by atoms with Crippen LogP contribution in [0.3, 0.4) is 0 Å². The summed E-state index contributed by atoms with van der Waals surface area (Å²) in [6.07, 6.45) is 1.78. The molecule has 6 heteroatoms. The molecule has 0 spiro atoms. The van der Waals surface area contributed by atoms with E-state index in [-0.39, 0.29) is 0 Å². The highest BCUT2D eigenvalue weighted by molar-refractivity contribution is 9.10. The fraction of sp³-hybridized carbons (Fsp3) is 0. The van der Waals surface area contributed by atoms with E-state index in [2.05, 4.69) is 55.5 Å².